The van der Waals surface area contributed by atoms with E-state index >= 15 is 0 Å². The van der Waals surface area contributed by atoms with Crippen LogP contribution in [0.3, 0.4) is 0 Å². The summed E-state index contributed by atoms with van der Waals surface area (Å²) >= 11 is 5.82. The van der Waals surface area contributed by atoms with Crippen molar-refractivity contribution in [2.24, 2.45) is 0 Å². The first-order valence-electron chi connectivity index (χ1n) is 7.38. The third-order valence-electron chi connectivity index (χ3n) is 3.70. The maximum atomic E-state index is 13.2. The molecule has 3 rings (SSSR count). The van der Waals surface area contributed by atoms with Crippen LogP contribution in [-0.4, -0.2) is 17.4 Å². The molecule has 2 aromatic carbocycles. The molecule has 0 bridgehead atoms. The summed E-state index contributed by atoms with van der Waals surface area (Å²) in [4.78, 5) is 27.3. The van der Waals surface area contributed by atoms with Crippen LogP contribution >= 0.6 is 11.6 Å². The summed E-state index contributed by atoms with van der Waals surface area (Å²) in [6.45, 7) is 0.390. The fourth-order valence-electron chi connectivity index (χ4n) is 2.43. The van der Waals surface area contributed by atoms with Gasteiger partial charge >= 0.3 is 0 Å². The Bertz CT molecular complexity index is 951. The molecule has 0 unspecified atom stereocenters. The number of aromatic nitrogens is 1. The van der Waals surface area contributed by atoms with Crippen molar-refractivity contribution in [1.29, 1.82) is 0 Å². The number of H-pyrrole nitrogens is 1. The van der Waals surface area contributed by atoms with Crippen LogP contribution in [0.25, 0.3) is 10.9 Å². The first kappa shape index (κ1) is 16.2. The first-order chi connectivity index (χ1) is 11.5. The predicted molar refractivity (Wildman–Crippen MR) is 92.0 cm³/mol. The minimum Gasteiger partial charge on any atom is -0.360 e. The normalized spacial score (nSPS) is 10.8. The molecule has 0 saturated carbocycles. The summed E-state index contributed by atoms with van der Waals surface area (Å²) in [5, 5.41) is 3.65. The number of benzene rings is 2. The quantitative estimate of drug-likeness (QED) is 0.763. The van der Waals surface area contributed by atoms with Gasteiger partial charge in [0.15, 0.2) is 0 Å². The van der Waals surface area contributed by atoms with Crippen LogP contribution in [0.5, 0.6) is 0 Å². The number of hydrogen-bond acceptors (Lipinski definition) is 2. The van der Waals surface area contributed by atoms with Crippen LogP contribution in [0.15, 0.2) is 53.5 Å². The lowest BCUT2D eigenvalue weighted by Crippen LogP contribution is -2.30. The lowest BCUT2D eigenvalue weighted by atomic mass is 10.1. The summed E-state index contributed by atoms with van der Waals surface area (Å²) in [5.41, 5.74) is 0.971. The molecule has 24 heavy (non-hydrogen) atoms. The van der Waals surface area contributed by atoms with Gasteiger partial charge < -0.3 is 10.3 Å². The number of amides is 1. The average Bonchev–Trinajstić information content (AvgIpc) is 2.56. The van der Waals surface area contributed by atoms with Gasteiger partial charge in [-0.05, 0) is 42.3 Å². The molecule has 6 heteroatoms. The van der Waals surface area contributed by atoms with Crippen LogP contribution in [-0.2, 0) is 6.42 Å². The van der Waals surface area contributed by atoms with Crippen LogP contribution in [0.2, 0.25) is 5.02 Å². The number of carbonyl (C=O) groups is 1. The average molecular weight is 345 g/mol. The van der Waals surface area contributed by atoms with Gasteiger partial charge in [0.25, 0.3) is 5.91 Å². The number of halogens is 2. The van der Waals surface area contributed by atoms with Gasteiger partial charge in [-0.15, -0.1) is 0 Å². The monoisotopic (exact) mass is 344 g/mol. The van der Waals surface area contributed by atoms with E-state index in [1.54, 1.807) is 12.1 Å². The second-order valence-electron chi connectivity index (χ2n) is 5.35. The van der Waals surface area contributed by atoms with Crippen molar-refractivity contribution in [2.75, 3.05) is 6.54 Å². The SMILES string of the molecule is O=C(NCCc1ccc(Cl)cc1)c1c[nH]c2cc(F)ccc2c1=O. The minimum atomic E-state index is -0.462. The molecule has 0 aliphatic heterocycles. The molecular weight excluding hydrogens is 331 g/mol. The zero-order chi connectivity index (χ0) is 17.1. The van der Waals surface area contributed by atoms with E-state index < -0.39 is 17.2 Å². The maximum Gasteiger partial charge on any atom is 0.256 e. The highest BCUT2D eigenvalue weighted by molar-refractivity contribution is 6.30. The number of fused-ring (bicyclic) bond motifs is 1. The van der Waals surface area contributed by atoms with E-state index in [1.165, 1.54) is 24.4 Å². The number of nitrogens with one attached hydrogen (secondary N) is 2. The molecule has 1 aromatic heterocycles. The zero-order valence-corrected chi connectivity index (χ0v) is 13.4. The van der Waals surface area contributed by atoms with Crippen molar-refractivity contribution in [3.8, 4) is 0 Å². The molecule has 3 aromatic rings. The van der Waals surface area contributed by atoms with Gasteiger partial charge in [-0.25, -0.2) is 4.39 Å². The van der Waals surface area contributed by atoms with E-state index in [0.29, 0.717) is 23.5 Å². The first-order valence-corrected chi connectivity index (χ1v) is 7.76. The third-order valence-corrected chi connectivity index (χ3v) is 3.95. The van der Waals surface area contributed by atoms with Crippen LogP contribution in [0.4, 0.5) is 4.39 Å². The molecule has 0 aliphatic carbocycles. The van der Waals surface area contributed by atoms with Gasteiger partial charge in [-0.1, -0.05) is 23.7 Å². The second-order valence-corrected chi connectivity index (χ2v) is 5.79. The summed E-state index contributed by atoms with van der Waals surface area (Å²) in [6, 6.07) is 11.1. The van der Waals surface area contributed by atoms with E-state index in [1.807, 2.05) is 12.1 Å². The van der Waals surface area contributed by atoms with Gasteiger partial charge in [0.2, 0.25) is 5.43 Å². The molecule has 122 valence electrons. The third kappa shape index (κ3) is 3.46. The number of carbonyl (C=O) groups excluding carboxylic acids is 1. The summed E-state index contributed by atoms with van der Waals surface area (Å²) in [7, 11) is 0. The van der Waals surface area contributed by atoms with Crippen molar-refractivity contribution in [3.05, 3.63) is 80.9 Å². The highest BCUT2D eigenvalue weighted by Crippen LogP contribution is 2.11. The molecular formula is C18H14ClFN2O2. The molecule has 1 amide bonds. The van der Waals surface area contributed by atoms with Crippen LogP contribution in [0, 0.1) is 5.82 Å². The maximum absolute atomic E-state index is 13.2. The zero-order valence-electron chi connectivity index (χ0n) is 12.6. The summed E-state index contributed by atoms with van der Waals surface area (Å²) in [5.74, 6) is -0.908. The fourth-order valence-corrected chi connectivity index (χ4v) is 2.56. The van der Waals surface area contributed by atoms with Crippen molar-refractivity contribution < 1.29 is 9.18 Å². The van der Waals surface area contributed by atoms with E-state index in [9.17, 15) is 14.0 Å². The van der Waals surface area contributed by atoms with Crippen molar-refractivity contribution in [3.63, 3.8) is 0 Å². The lowest BCUT2D eigenvalue weighted by molar-refractivity contribution is 0.0953. The van der Waals surface area contributed by atoms with Crippen molar-refractivity contribution in [1.82, 2.24) is 10.3 Å². The molecule has 1 heterocycles. The van der Waals surface area contributed by atoms with Gasteiger partial charge in [0.1, 0.15) is 11.4 Å². The number of aromatic amines is 1. The Hall–Kier alpha value is -2.66. The van der Waals surface area contributed by atoms with Crippen LogP contribution < -0.4 is 10.7 Å². The standard InChI is InChI=1S/C18H14ClFN2O2/c19-12-3-1-11(2-4-12)7-8-21-18(24)15-10-22-16-9-13(20)5-6-14(16)17(15)23/h1-6,9-10H,7-8H2,(H,21,24)(H,22,23). The fraction of sp³-hybridized carbons (Fsp3) is 0.111. The Balaban J connectivity index is 1.72. The minimum absolute atomic E-state index is 0.00483. The number of pyridine rings is 1. The van der Waals surface area contributed by atoms with E-state index in [-0.39, 0.29) is 10.9 Å². The molecule has 0 saturated heterocycles. The highest BCUT2D eigenvalue weighted by atomic mass is 35.5. The molecule has 0 radical (unpaired) electrons. The Kier molecular flexibility index (Phi) is 4.62. The molecule has 2 N–H and O–H groups in total. The van der Waals surface area contributed by atoms with E-state index in [0.717, 1.165) is 5.56 Å². The Labute approximate surface area is 142 Å². The van der Waals surface area contributed by atoms with E-state index in [2.05, 4.69) is 10.3 Å². The number of hydrogen-bond donors (Lipinski definition) is 2. The highest BCUT2D eigenvalue weighted by Gasteiger charge is 2.12. The molecule has 4 nitrogen and oxygen atoms in total. The smallest absolute Gasteiger partial charge is 0.256 e. The Morgan fingerprint density at radius 2 is 1.92 bits per heavy atom. The topological polar surface area (TPSA) is 62.0 Å². The summed E-state index contributed by atoms with van der Waals surface area (Å²) < 4.78 is 13.2. The van der Waals surface area contributed by atoms with Gasteiger partial charge in [-0.3, -0.25) is 9.59 Å². The number of rotatable bonds is 4. The van der Waals surface area contributed by atoms with Gasteiger partial charge in [-0.2, -0.15) is 0 Å². The van der Waals surface area contributed by atoms with Gasteiger partial charge in [0, 0.05) is 23.2 Å². The van der Waals surface area contributed by atoms with Crippen LogP contribution in [0.1, 0.15) is 15.9 Å². The Morgan fingerprint density at radius 3 is 2.67 bits per heavy atom. The van der Waals surface area contributed by atoms with Crippen molar-refractivity contribution >= 4 is 28.4 Å². The molecule has 0 aliphatic rings. The second kappa shape index (κ2) is 6.84. The largest absolute Gasteiger partial charge is 0.360 e. The van der Waals surface area contributed by atoms with E-state index in [4.69, 9.17) is 11.6 Å². The molecule has 0 fully saturated rings. The Morgan fingerprint density at radius 1 is 1.17 bits per heavy atom. The van der Waals surface area contributed by atoms with Crippen molar-refractivity contribution in [2.45, 2.75) is 6.42 Å². The summed E-state index contributed by atoms with van der Waals surface area (Å²) in [6.07, 6.45) is 1.93. The predicted octanol–water partition coefficient (Wildman–Crippen LogP) is 3.29. The molecule has 0 spiro atoms. The van der Waals surface area contributed by atoms with Gasteiger partial charge in [0.05, 0.1) is 5.52 Å². The lowest BCUT2D eigenvalue weighted by Gasteiger charge is -2.06. The molecule has 0 atom stereocenters.